The highest BCUT2D eigenvalue weighted by molar-refractivity contribution is 7.92. The number of rotatable bonds is 14. The molecule has 0 aromatic heterocycles. The molecule has 1 unspecified atom stereocenters. The molecule has 0 aliphatic heterocycles. The minimum atomic E-state index is -4.31. The van der Waals surface area contributed by atoms with E-state index in [1.165, 1.54) is 37.3 Å². The lowest BCUT2D eigenvalue weighted by atomic mass is 10.0. The Bertz CT molecular complexity index is 1730. The fraction of sp³-hybridized carbons (Fsp3) is 0.278. The molecule has 4 aromatic carbocycles. The zero-order valence-electron chi connectivity index (χ0n) is 26.9. The van der Waals surface area contributed by atoms with Crippen molar-refractivity contribution in [2.24, 2.45) is 0 Å². The molecule has 10 heteroatoms. The number of nitrogens with one attached hydrogen (secondary N) is 1. The monoisotopic (exact) mass is 643 g/mol. The third-order valence-electron chi connectivity index (χ3n) is 7.53. The number of anilines is 1. The molecule has 0 saturated carbocycles. The number of sulfonamides is 1. The summed E-state index contributed by atoms with van der Waals surface area (Å²) in [6.45, 7) is 5.49. The summed E-state index contributed by atoms with van der Waals surface area (Å²) in [6, 6.07) is 27.6. The number of aryl methyl sites for hydroxylation is 2. The number of nitrogens with zero attached hydrogens (tertiary/aromatic N) is 2. The van der Waals surface area contributed by atoms with Gasteiger partial charge in [0.1, 0.15) is 12.6 Å². The summed E-state index contributed by atoms with van der Waals surface area (Å²) in [6.07, 6.45) is 0.247. The van der Waals surface area contributed by atoms with Crippen LogP contribution < -0.4 is 19.1 Å². The van der Waals surface area contributed by atoms with E-state index in [4.69, 9.17) is 9.47 Å². The first kappa shape index (κ1) is 34.1. The van der Waals surface area contributed by atoms with Gasteiger partial charge >= 0.3 is 0 Å². The molecule has 46 heavy (non-hydrogen) atoms. The largest absolute Gasteiger partial charge is 0.493 e. The second kappa shape index (κ2) is 15.4. The lowest BCUT2D eigenvalue weighted by Gasteiger charge is -2.34. The normalized spacial score (nSPS) is 11.8. The third kappa shape index (κ3) is 8.25. The summed E-state index contributed by atoms with van der Waals surface area (Å²) in [4.78, 5) is 29.6. The summed E-state index contributed by atoms with van der Waals surface area (Å²) in [5.41, 5.74) is 3.67. The van der Waals surface area contributed by atoms with Crippen molar-refractivity contribution in [3.63, 3.8) is 0 Å². The van der Waals surface area contributed by atoms with Crippen molar-refractivity contribution in [1.29, 1.82) is 0 Å². The highest BCUT2D eigenvalue weighted by Crippen LogP contribution is 2.33. The van der Waals surface area contributed by atoms with Crippen molar-refractivity contribution >= 4 is 27.5 Å². The van der Waals surface area contributed by atoms with Crippen molar-refractivity contribution in [1.82, 2.24) is 10.2 Å². The molecule has 0 bridgehead atoms. The van der Waals surface area contributed by atoms with E-state index in [0.717, 1.165) is 26.6 Å². The number of amides is 2. The average Bonchev–Trinajstić information content (AvgIpc) is 3.05. The first-order chi connectivity index (χ1) is 22.1. The van der Waals surface area contributed by atoms with Gasteiger partial charge in [-0.15, -0.1) is 0 Å². The smallest absolute Gasteiger partial charge is 0.264 e. The highest BCUT2D eigenvalue weighted by Gasteiger charge is 2.35. The van der Waals surface area contributed by atoms with Gasteiger partial charge < -0.3 is 19.7 Å². The fourth-order valence-corrected chi connectivity index (χ4v) is 6.77. The minimum absolute atomic E-state index is 0.0729. The van der Waals surface area contributed by atoms with Crippen LogP contribution in [-0.4, -0.2) is 58.5 Å². The van der Waals surface area contributed by atoms with E-state index < -0.39 is 28.5 Å². The Morgan fingerprint density at radius 3 is 1.93 bits per heavy atom. The van der Waals surface area contributed by atoms with Crippen LogP contribution in [-0.2, 0) is 32.6 Å². The molecule has 0 fully saturated rings. The molecular formula is C36H41N3O6S. The van der Waals surface area contributed by atoms with Crippen molar-refractivity contribution in [3.05, 3.63) is 119 Å². The highest BCUT2D eigenvalue weighted by atomic mass is 32.2. The number of likely N-dealkylation sites (N-methyl/N-ethyl adjacent to an activating group) is 1. The number of hydrogen-bond donors (Lipinski definition) is 1. The Balaban J connectivity index is 1.83. The van der Waals surface area contributed by atoms with Gasteiger partial charge in [0.05, 0.1) is 24.8 Å². The summed E-state index contributed by atoms with van der Waals surface area (Å²) in [5.74, 6) is -0.245. The Morgan fingerprint density at radius 1 is 0.783 bits per heavy atom. The topological polar surface area (TPSA) is 105 Å². The summed E-state index contributed by atoms with van der Waals surface area (Å²) >= 11 is 0. The van der Waals surface area contributed by atoms with E-state index in [0.29, 0.717) is 18.0 Å². The number of methoxy groups -OCH3 is 2. The fourth-order valence-electron chi connectivity index (χ4n) is 5.35. The van der Waals surface area contributed by atoms with Crippen LogP contribution in [0.3, 0.4) is 0 Å². The molecule has 2 amide bonds. The van der Waals surface area contributed by atoms with Gasteiger partial charge in [0.2, 0.25) is 11.8 Å². The zero-order chi connectivity index (χ0) is 33.3. The molecule has 0 spiro atoms. The van der Waals surface area contributed by atoms with Gasteiger partial charge in [-0.3, -0.25) is 13.9 Å². The van der Waals surface area contributed by atoms with Crippen molar-refractivity contribution < 1.29 is 27.5 Å². The third-order valence-corrected chi connectivity index (χ3v) is 9.30. The first-order valence-electron chi connectivity index (χ1n) is 15.1. The van der Waals surface area contributed by atoms with Gasteiger partial charge in [-0.05, 0) is 67.3 Å². The second-order valence-electron chi connectivity index (χ2n) is 11.0. The van der Waals surface area contributed by atoms with Crippen LogP contribution in [0.2, 0.25) is 0 Å². The van der Waals surface area contributed by atoms with Crippen LogP contribution in [0, 0.1) is 13.8 Å². The van der Waals surface area contributed by atoms with Crippen molar-refractivity contribution in [2.75, 3.05) is 31.6 Å². The van der Waals surface area contributed by atoms with E-state index in [1.807, 2.05) is 87.5 Å². The second-order valence-corrected chi connectivity index (χ2v) is 12.8. The van der Waals surface area contributed by atoms with E-state index >= 15 is 0 Å². The molecule has 0 saturated heterocycles. The maximum absolute atomic E-state index is 14.5. The number of carbonyl (C=O) groups excluding carboxylic acids is 2. The molecule has 1 atom stereocenters. The maximum Gasteiger partial charge on any atom is 0.264 e. The summed E-state index contributed by atoms with van der Waals surface area (Å²) in [5, 5.41) is 2.88. The number of ether oxygens (including phenoxy) is 2. The molecule has 4 rings (SSSR count). The van der Waals surface area contributed by atoms with Crippen LogP contribution in [0.1, 0.15) is 29.2 Å². The molecule has 0 aliphatic carbocycles. The Hall–Kier alpha value is -4.83. The number of carbonyl (C=O) groups is 2. The van der Waals surface area contributed by atoms with E-state index in [-0.39, 0.29) is 29.5 Å². The minimum Gasteiger partial charge on any atom is -0.493 e. The van der Waals surface area contributed by atoms with Gasteiger partial charge in [-0.2, -0.15) is 0 Å². The Morgan fingerprint density at radius 2 is 1.37 bits per heavy atom. The summed E-state index contributed by atoms with van der Waals surface area (Å²) in [7, 11) is -1.42. The van der Waals surface area contributed by atoms with E-state index in [2.05, 4.69) is 5.32 Å². The molecule has 0 radical (unpaired) electrons. The molecule has 1 N–H and O–H groups in total. The lowest BCUT2D eigenvalue weighted by molar-refractivity contribution is -0.140. The van der Waals surface area contributed by atoms with Crippen LogP contribution >= 0.6 is 0 Å². The van der Waals surface area contributed by atoms with Crippen LogP contribution in [0.15, 0.2) is 102 Å². The Labute approximate surface area is 271 Å². The lowest BCUT2D eigenvalue weighted by Crippen LogP contribution is -2.53. The molecular weight excluding hydrogens is 602 g/mol. The Kier molecular flexibility index (Phi) is 11.4. The van der Waals surface area contributed by atoms with Gasteiger partial charge in [-0.25, -0.2) is 8.42 Å². The average molecular weight is 644 g/mol. The summed E-state index contributed by atoms with van der Waals surface area (Å²) < 4.78 is 40.6. The molecule has 0 heterocycles. The van der Waals surface area contributed by atoms with Gasteiger partial charge in [-0.1, -0.05) is 66.7 Å². The van der Waals surface area contributed by atoms with Crippen LogP contribution in [0.4, 0.5) is 5.69 Å². The molecule has 9 nitrogen and oxygen atoms in total. The van der Waals surface area contributed by atoms with Gasteiger partial charge in [0.25, 0.3) is 10.0 Å². The predicted octanol–water partition coefficient (Wildman–Crippen LogP) is 5.29. The van der Waals surface area contributed by atoms with Gasteiger partial charge in [0, 0.05) is 25.6 Å². The molecule has 4 aromatic rings. The predicted molar refractivity (Wildman–Crippen MR) is 180 cm³/mol. The molecule has 0 aliphatic rings. The van der Waals surface area contributed by atoms with E-state index in [9.17, 15) is 18.0 Å². The SMILES string of the molecule is CCNC(=O)C(Cc1ccccc1)N(Cc1ccccc1)C(=O)CN(c1cc(C)cc(C)c1)S(=O)(=O)c1ccc(OC)c(OC)c1. The molecule has 242 valence electrons. The quantitative estimate of drug-likeness (QED) is 0.200. The number of benzene rings is 4. The first-order valence-corrected chi connectivity index (χ1v) is 16.5. The van der Waals surface area contributed by atoms with E-state index in [1.54, 1.807) is 12.1 Å². The van der Waals surface area contributed by atoms with Crippen molar-refractivity contribution in [2.45, 2.75) is 44.7 Å². The van der Waals surface area contributed by atoms with Crippen molar-refractivity contribution in [3.8, 4) is 11.5 Å². The van der Waals surface area contributed by atoms with Crippen LogP contribution in [0.5, 0.6) is 11.5 Å². The zero-order valence-corrected chi connectivity index (χ0v) is 27.7. The maximum atomic E-state index is 14.5. The standard InChI is InChI=1S/C36H41N3O6S/c1-6-37-36(41)32(22-28-13-9-7-10-14-28)38(24-29-15-11-8-12-16-29)35(40)25-39(30-20-26(2)19-27(3)21-30)46(42,43)31-17-18-33(44-4)34(23-31)45-5/h7-21,23,32H,6,22,24-25H2,1-5H3,(H,37,41). The number of hydrogen-bond acceptors (Lipinski definition) is 6. The van der Waals surface area contributed by atoms with Crippen LogP contribution in [0.25, 0.3) is 0 Å². The van der Waals surface area contributed by atoms with Gasteiger partial charge in [0.15, 0.2) is 11.5 Å².